The van der Waals surface area contributed by atoms with Crippen molar-refractivity contribution in [3.05, 3.63) is 0 Å². The number of hydrogen-bond acceptors (Lipinski definition) is 7. The lowest BCUT2D eigenvalue weighted by Crippen LogP contribution is -2.50. The minimum absolute atomic E-state index is 0.643. The van der Waals surface area contributed by atoms with Crippen LogP contribution in [0.3, 0.4) is 0 Å². The van der Waals surface area contributed by atoms with Crippen molar-refractivity contribution in [1.82, 2.24) is 0 Å². The van der Waals surface area contributed by atoms with Gasteiger partial charge in [0, 0.05) is 0 Å². The standard InChI is InChI=1S/C10H12O9S2/c1-2-3-5-6(10(12)19-9(5)11)4(2)8(21(16,17)18)7(3)20(13,14)15/h2-8H,1H3,(H,13,14,15)(H,16,17,18). The van der Waals surface area contributed by atoms with Crippen LogP contribution in [0.25, 0.3) is 0 Å². The molecule has 21 heavy (non-hydrogen) atoms. The fourth-order valence-electron chi connectivity index (χ4n) is 4.41. The van der Waals surface area contributed by atoms with E-state index in [0.717, 1.165) is 0 Å². The fourth-order valence-corrected chi connectivity index (χ4v) is 7.93. The Bertz CT molecular complexity index is 674. The summed E-state index contributed by atoms with van der Waals surface area (Å²) >= 11 is 0. The van der Waals surface area contributed by atoms with Crippen LogP contribution in [0.1, 0.15) is 6.92 Å². The number of carbonyl (C=O) groups excluding carboxylic acids is 2. The molecule has 0 aromatic carbocycles. The van der Waals surface area contributed by atoms with Gasteiger partial charge in [0.15, 0.2) is 0 Å². The molecule has 11 heteroatoms. The van der Waals surface area contributed by atoms with Crippen molar-refractivity contribution in [3.8, 4) is 0 Å². The van der Waals surface area contributed by atoms with Crippen LogP contribution in [0.4, 0.5) is 0 Å². The first-order chi connectivity index (χ1) is 9.46. The average Bonchev–Trinajstić information content (AvgIpc) is 2.85. The lowest BCUT2D eigenvalue weighted by molar-refractivity contribution is -0.155. The van der Waals surface area contributed by atoms with E-state index < -0.39 is 72.3 Å². The van der Waals surface area contributed by atoms with Crippen LogP contribution in [0.2, 0.25) is 0 Å². The number of cyclic esters (lactones) is 2. The maximum atomic E-state index is 11.7. The van der Waals surface area contributed by atoms with E-state index in [2.05, 4.69) is 4.74 Å². The molecule has 1 saturated heterocycles. The number of hydrogen-bond donors (Lipinski definition) is 2. The Labute approximate surface area is 120 Å². The third-order valence-electron chi connectivity index (χ3n) is 4.95. The van der Waals surface area contributed by atoms with Crippen LogP contribution in [0.15, 0.2) is 0 Å². The van der Waals surface area contributed by atoms with Crippen molar-refractivity contribution in [2.45, 2.75) is 17.4 Å². The number of carbonyl (C=O) groups is 2. The highest BCUT2D eigenvalue weighted by Crippen LogP contribution is 2.61. The second-order valence-corrected chi connectivity index (χ2v) is 8.91. The molecule has 3 fully saturated rings. The molecule has 2 aliphatic carbocycles. The highest BCUT2D eigenvalue weighted by atomic mass is 32.2. The van der Waals surface area contributed by atoms with Crippen LogP contribution in [-0.2, 0) is 34.6 Å². The molecule has 3 aliphatic rings. The summed E-state index contributed by atoms with van der Waals surface area (Å²) in [7, 11) is -9.67. The molecule has 1 heterocycles. The van der Waals surface area contributed by atoms with Gasteiger partial charge < -0.3 is 4.74 Å². The Balaban J connectivity index is 2.21. The van der Waals surface area contributed by atoms with Gasteiger partial charge in [-0.15, -0.1) is 0 Å². The number of ether oxygens (including phenoxy) is 1. The van der Waals surface area contributed by atoms with Gasteiger partial charge in [-0.1, -0.05) is 6.92 Å². The van der Waals surface area contributed by atoms with Gasteiger partial charge in [0.25, 0.3) is 20.2 Å². The average molecular weight is 340 g/mol. The normalized spacial score (nSPS) is 45.8. The molecule has 0 spiro atoms. The topological polar surface area (TPSA) is 152 Å². The van der Waals surface area contributed by atoms with Crippen LogP contribution in [0, 0.1) is 29.6 Å². The second kappa shape index (κ2) is 4.03. The molecule has 2 saturated carbocycles. The smallest absolute Gasteiger partial charge is 0.317 e. The molecular weight excluding hydrogens is 328 g/mol. The maximum absolute atomic E-state index is 11.7. The molecular formula is C10H12O9S2. The van der Waals surface area contributed by atoms with E-state index in [1.54, 1.807) is 0 Å². The monoisotopic (exact) mass is 340 g/mol. The van der Waals surface area contributed by atoms with Crippen LogP contribution in [0.5, 0.6) is 0 Å². The summed E-state index contributed by atoms with van der Waals surface area (Å²) in [4.78, 5) is 23.4. The van der Waals surface area contributed by atoms with E-state index >= 15 is 0 Å². The molecule has 9 nitrogen and oxygen atoms in total. The van der Waals surface area contributed by atoms with Crippen molar-refractivity contribution in [1.29, 1.82) is 0 Å². The fraction of sp³-hybridized carbons (Fsp3) is 0.800. The molecule has 0 aromatic heterocycles. The molecule has 6 unspecified atom stereocenters. The predicted molar refractivity (Wildman–Crippen MR) is 64.9 cm³/mol. The molecule has 6 atom stereocenters. The third kappa shape index (κ3) is 1.81. The lowest BCUT2D eigenvalue weighted by Gasteiger charge is -2.30. The van der Waals surface area contributed by atoms with E-state index in [0.29, 0.717) is 0 Å². The van der Waals surface area contributed by atoms with Gasteiger partial charge in [-0.05, 0) is 17.8 Å². The highest BCUT2D eigenvalue weighted by Gasteiger charge is 2.74. The van der Waals surface area contributed by atoms with Crippen molar-refractivity contribution in [3.63, 3.8) is 0 Å². The number of fused-ring (bicyclic) bond motifs is 5. The van der Waals surface area contributed by atoms with Crippen molar-refractivity contribution in [2.75, 3.05) is 0 Å². The highest BCUT2D eigenvalue weighted by molar-refractivity contribution is 7.90. The third-order valence-corrected chi connectivity index (χ3v) is 7.71. The summed E-state index contributed by atoms with van der Waals surface area (Å²) in [5, 5.41) is -3.68. The SMILES string of the molecule is CC1C2C3C(=O)OC(=O)C3C1C(S(=O)(=O)O)C2S(=O)(=O)O. The molecule has 0 amide bonds. The molecule has 2 bridgehead atoms. The molecule has 0 aromatic rings. The summed E-state index contributed by atoms with van der Waals surface area (Å²) in [6, 6.07) is 0. The zero-order valence-corrected chi connectivity index (χ0v) is 12.2. The molecule has 1 aliphatic heterocycles. The minimum Gasteiger partial charge on any atom is -0.393 e. The summed E-state index contributed by atoms with van der Waals surface area (Å²) < 4.78 is 69.3. The molecule has 2 N–H and O–H groups in total. The van der Waals surface area contributed by atoms with Gasteiger partial charge in [0.1, 0.15) is 10.5 Å². The van der Waals surface area contributed by atoms with Gasteiger partial charge in [0.2, 0.25) is 0 Å². The Hall–Kier alpha value is -1.04. The van der Waals surface area contributed by atoms with Gasteiger partial charge in [-0.3, -0.25) is 18.7 Å². The lowest BCUT2D eigenvalue weighted by atomic mass is 9.80. The Morgan fingerprint density at radius 2 is 1.19 bits per heavy atom. The van der Waals surface area contributed by atoms with E-state index in [1.807, 2.05) is 0 Å². The van der Waals surface area contributed by atoms with E-state index in [1.165, 1.54) is 6.92 Å². The van der Waals surface area contributed by atoms with Gasteiger partial charge in [0.05, 0.1) is 11.8 Å². The van der Waals surface area contributed by atoms with Crippen molar-refractivity contribution < 1.29 is 40.3 Å². The van der Waals surface area contributed by atoms with E-state index in [-0.39, 0.29) is 0 Å². The predicted octanol–water partition coefficient (Wildman–Crippen LogP) is -1.29. The van der Waals surface area contributed by atoms with Gasteiger partial charge in [-0.2, -0.15) is 16.8 Å². The Morgan fingerprint density at radius 3 is 1.48 bits per heavy atom. The summed E-state index contributed by atoms with van der Waals surface area (Å²) in [6.07, 6.45) is 0. The zero-order valence-electron chi connectivity index (χ0n) is 10.6. The largest absolute Gasteiger partial charge is 0.393 e. The number of esters is 2. The van der Waals surface area contributed by atoms with Crippen LogP contribution < -0.4 is 0 Å². The summed E-state index contributed by atoms with van der Waals surface area (Å²) in [5.74, 6) is -6.82. The first-order valence-corrected chi connectivity index (χ1v) is 9.15. The van der Waals surface area contributed by atoms with E-state index in [9.17, 15) is 35.5 Å². The quantitative estimate of drug-likeness (QED) is 0.355. The summed E-state index contributed by atoms with van der Waals surface area (Å²) in [6.45, 7) is 1.50. The Morgan fingerprint density at radius 1 is 0.857 bits per heavy atom. The molecule has 118 valence electrons. The van der Waals surface area contributed by atoms with Crippen LogP contribution >= 0.6 is 0 Å². The molecule has 3 rings (SSSR count). The first kappa shape index (κ1) is 14.9. The number of rotatable bonds is 2. The maximum Gasteiger partial charge on any atom is 0.317 e. The minimum atomic E-state index is -4.84. The van der Waals surface area contributed by atoms with Crippen molar-refractivity contribution >= 4 is 32.2 Å². The van der Waals surface area contributed by atoms with E-state index in [4.69, 9.17) is 0 Å². The van der Waals surface area contributed by atoms with Gasteiger partial charge in [-0.25, -0.2) is 0 Å². The first-order valence-electron chi connectivity index (χ1n) is 6.14. The van der Waals surface area contributed by atoms with Gasteiger partial charge >= 0.3 is 11.9 Å². The van der Waals surface area contributed by atoms with Crippen molar-refractivity contribution in [2.24, 2.45) is 29.6 Å². The second-order valence-electron chi connectivity index (χ2n) is 5.76. The zero-order chi connectivity index (χ0) is 15.9. The van der Waals surface area contributed by atoms with Crippen LogP contribution in [-0.4, -0.2) is 48.4 Å². The summed E-state index contributed by atoms with van der Waals surface area (Å²) in [5.41, 5.74) is 0. The Kier molecular flexibility index (Phi) is 2.85. The molecule has 0 radical (unpaired) electrons.